The van der Waals surface area contributed by atoms with Gasteiger partial charge in [-0.2, -0.15) is 0 Å². The van der Waals surface area contributed by atoms with E-state index in [2.05, 4.69) is 25.3 Å². The van der Waals surface area contributed by atoms with Gasteiger partial charge >= 0.3 is 6.03 Å². The zero-order valence-corrected chi connectivity index (χ0v) is 22.4. The number of anilines is 2. The number of nitrogens with one attached hydrogen (secondary N) is 3. The molecule has 0 bridgehead atoms. The van der Waals surface area contributed by atoms with Crippen LogP contribution < -0.4 is 15.4 Å². The third-order valence-corrected chi connectivity index (χ3v) is 8.48. The van der Waals surface area contributed by atoms with Crippen LogP contribution in [-0.4, -0.2) is 36.5 Å². The SMILES string of the molecule is Cc1ccc(NC(=O)Nc2nc(CNS(C)(=O)=O)c(Sc3ccccn3)s2)c(C(=O)C2CCCC2)c1. The first-order valence-electron chi connectivity index (χ1n) is 11.4. The van der Waals surface area contributed by atoms with Gasteiger partial charge in [-0.15, -0.1) is 0 Å². The molecular formula is C24H27N5O4S3. The van der Waals surface area contributed by atoms with Gasteiger partial charge in [0.05, 0.1) is 28.4 Å². The first kappa shape index (κ1) is 26.3. The van der Waals surface area contributed by atoms with Gasteiger partial charge in [0, 0.05) is 17.7 Å². The maximum atomic E-state index is 13.1. The van der Waals surface area contributed by atoms with Gasteiger partial charge in [0.25, 0.3) is 0 Å². The fourth-order valence-corrected chi connectivity index (χ4v) is 6.37. The molecule has 3 aromatic rings. The third kappa shape index (κ3) is 7.12. The molecule has 0 radical (unpaired) electrons. The van der Waals surface area contributed by atoms with Crippen molar-refractivity contribution in [1.29, 1.82) is 0 Å². The monoisotopic (exact) mass is 545 g/mol. The van der Waals surface area contributed by atoms with Crippen molar-refractivity contribution in [3.05, 3.63) is 59.4 Å². The zero-order valence-electron chi connectivity index (χ0n) is 19.9. The summed E-state index contributed by atoms with van der Waals surface area (Å²) in [6.07, 6.45) is 6.58. The minimum Gasteiger partial charge on any atom is -0.307 e. The predicted octanol–water partition coefficient (Wildman–Crippen LogP) is 5.06. The van der Waals surface area contributed by atoms with Crippen LogP contribution in [0.2, 0.25) is 0 Å². The maximum Gasteiger partial charge on any atom is 0.325 e. The van der Waals surface area contributed by atoms with Crippen molar-refractivity contribution in [3.8, 4) is 0 Å². The lowest BCUT2D eigenvalue weighted by Crippen LogP contribution is -2.23. The number of Topliss-reactive ketones (excluding diaryl/α,β-unsaturated/α-hetero) is 1. The van der Waals surface area contributed by atoms with Crippen LogP contribution in [0.3, 0.4) is 0 Å². The summed E-state index contributed by atoms with van der Waals surface area (Å²) in [5, 5.41) is 6.52. The number of benzene rings is 1. The Morgan fingerprint density at radius 3 is 2.61 bits per heavy atom. The second kappa shape index (κ2) is 11.5. The Labute approximate surface area is 218 Å². The van der Waals surface area contributed by atoms with E-state index in [4.69, 9.17) is 0 Å². The number of nitrogens with zero attached hydrogens (tertiary/aromatic N) is 2. The Morgan fingerprint density at radius 2 is 1.92 bits per heavy atom. The molecule has 2 amide bonds. The number of carbonyl (C=O) groups is 2. The summed E-state index contributed by atoms with van der Waals surface area (Å²) in [5.41, 5.74) is 2.39. The molecule has 2 aromatic heterocycles. The first-order valence-corrected chi connectivity index (χ1v) is 15.0. The van der Waals surface area contributed by atoms with Gasteiger partial charge in [-0.05, 0) is 44.0 Å². The number of hydrogen-bond acceptors (Lipinski definition) is 8. The topological polar surface area (TPSA) is 130 Å². The van der Waals surface area contributed by atoms with Crippen molar-refractivity contribution < 1.29 is 18.0 Å². The highest BCUT2D eigenvalue weighted by Crippen LogP contribution is 2.37. The van der Waals surface area contributed by atoms with Gasteiger partial charge in [0.2, 0.25) is 10.0 Å². The standard InChI is InChI=1S/C24H27N5O4S3/c1-15-10-11-18(17(13-15)21(30)16-7-3-4-8-16)27-23(31)29-24-28-19(14-26-36(2,32)33)22(35-24)34-20-9-5-6-12-25-20/h5-6,9-13,16,26H,3-4,7-8,14H2,1-2H3,(H2,27,28,29,31). The molecule has 9 nitrogen and oxygen atoms in total. The van der Waals surface area contributed by atoms with Gasteiger partial charge in [0.1, 0.15) is 5.03 Å². The van der Waals surface area contributed by atoms with Gasteiger partial charge in [-0.1, -0.05) is 53.6 Å². The Bertz CT molecular complexity index is 1350. The van der Waals surface area contributed by atoms with E-state index >= 15 is 0 Å². The number of thiazole rings is 1. The van der Waals surface area contributed by atoms with Crippen LogP contribution >= 0.6 is 23.1 Å². The zero-order chi connectivity index (χ0) is 25.7. The molecule has 1 saturated carbocycles. The summed E-state index contributed by atoms with van der Waals surface area (Å²) < 4.78 is 26.4. The molecule has 3 N–H and O–H groups in total. The first-order chi connectivity index (χ1) is 17.2. The number of rotatable bonds is 9. The van der Waals surface area contributed by atoms with Crippen LogP contribution in [0.15, 0.2) is 51.8 Å². The van der Waals surface area contributed by atoms with Crippen LogP contribution in [0.1, 0.15) is 47.3 Å². The average molecular weight is 546 g/mol. The number of ketones is 1. The molecule has 190 valence electrons. The molecule has 0 spiro atoms. The maximum absolute atomic E-state index is 13.1. The molecule has 0 atom stereocenters. The molecule has 1 aromatic carbocycles. The van der Waals surface area contributed by atoms with E-state index in [1.807, 2.05) is 31.2 Å². The van der Waals surface area contributed by atoms with Crippen molar-refractivity contribution in [2.24, 2.45) is 5.92 Å². The van der Waals surface area contributed by atoms with E-state index < -0.39 is 16.1 Å². The summed E-state index contributed by atoms with van der Waals surface area (Å²) in [6.45, 7) is 1.89. The Hall–Kier alpha value is -2.80. The molecule has 12 heteroatoms. The van der Waals surface area contributed by atoms with Gasteiger partial charge in [0.15, 0.2) is 10.9 Å². The highest BCUT2D eigenvalue weighted by atomic mass is 32.2. The number of urea groups is 1. The van der Waals surface area contributed by atoms with Crippen molar-refractivity contribution in [2.45, 2.75) is 48.4 Å². The summed E-state index contributed by atoms with van der Waals surface area (Å²) in [5.74, 6) is 0.0504. The molecular weight excluding hydrogens is 518 g/mol. The van der Waals surface area contributed by atoms with Gasteiger partial charge < -0.3 is 5.32 Å². The summed E-state index contributed by atoms with van der Waals surface area (Å²) in [4.78, 5) is 34.7. The Balaban J connectivity index is 1.51. The van der Waals surface area contributed by atoms with Crippen LogP contribution in [-0.2, 0) is 16.6 Å². The van der Waals surface area contributed by atoms with Crippen LogP contribution in [0.25, 0.3) is 0 Å². The van der Waals surface area contributed by atoms with Crippen LogP contribution in [0, 0.1) is 12.8 Å². The fourth-order valence-electron chi connectivity index (χ4n) is 3.91. The lowest BCUT2D eigenvalue weighted by Gasteiger charge is -2.14. The lowest BCUT2D eigenvalue weighted by molar-refractivity contribution is 0.0923. The number of amides is 2. The molecule has 4 rings (SSSR count). The second-order valence-corrected chi connectivity index (χ2v) is 12.7. The highest BCUT2D eigenvalue weighted by molar-refractivity contribution is 8.01. The molecule has 0 saturated heterocycles. The average Bonchev–Trinajstić information content (AvgIpc) is 3.49. The number of sulfonamides is 1. The predicted molar refractivity (Wildman–Crippen MR) is 142 cm³/mol. The van der Waals surface area contributed by atoms with Crippen LogP contribution in [0.5, 0.6) is 0 Å². The number of hydrogen-bond donors (Lipinski definition) is 3. The van der Waals surface area contributed by atoms with E-state index in [0.717, 1.165) is 37.5 Å². The normalized spacial score (nSPS) is 14.1. The lowest BCUT2D eigenvalue weighted by atomic mass is 9.94. The van der Waals surface area contributed by atoms with Crippen molar-refractivity contribution >= 4 is 55.8 Å². The molecule has 0 unspecified atom stereocenters. The molecule has 1 aliphatic rings. The second-order valence-electron chi connectivity index (χ2n) is 8.59. The number of aromatic nitrogens is 2. The van der Waals surface area contributed by atoms with Crippen molar-refractivity contribution in [2.75, 3.05) is 16.9 Å². The summed E-state index contributed by atoms with van der Waals surface area (Å²) in [7, 11) is -3.43. The minimum atomic E-state index is -3.43. The summed E-state index contributed by atoms with van der Waals surface area (Å²) in [6, 6.07) is 10.4. The molecule has 1 fully saturated rings. The molecule has 1 aliphatic carbocycles. The number of carbonyl (C=O) groups excluding carboxylic acids is 2. The number of aryl methyl sites for hydroxylation is 1. The van der Waals surface area contributed by atoms with Crippen LogP contribution in [0.4, 0.5) is 15.6 Å². The van der Waals surface area contributed by atoms with E-state index in [1.54, 1.807) is 18.3 Å². The van der Waals surface area contributed by atoms with E-state index in [0.29, 0.717) is 31.3 Å². The number of pyridine rings is 1. The van der Waals surface area contributed by atoms with Crippen molar-refractivity contribution in [3.63, 3.8) is 0 Å². The Kier molecular flexibility index (Phi) is 8.39. The highest BCUT2D eigenvalue weighted by Gasteiger charge is 2.26. The van der Waals surface area contributed by atoms with E-state index in [9.17, 15) is 18.0 Å². The van der Waals surface area contributed by atoms with E-state index in [-0.39, 0.29) is 18.2 Å². The summed E-state index contributed by atoms with van der Waals surface area (Å²) >= 11 is 2.55. The molecule has 36 heavy (non-hydrogen) atoms. The smallest absolute Gasteiger partial charge is 0.307 e. The molecule has 2 heterocycles. The van der Waals surface area contributed by atoms with Gasteiger partial charge in [-0.3, -0.25) is 10.1 Å². The third-order valence-electron chi connectivity index (χ3n) is 5.63. The van der Waals surface area contributed by atoms with Crippen molar-refractivity contribution in [1.82, 2.24) is 14.7 Å². The van der Waals surface area contributed by atoms with Gasteiger partial charge in [-0.25, -0.2) is 27.9 Å². The minimum absolute atomic E-state index is 0.00884. The van der Waals surface area contributed by atoms with E-state index in [1.165, 1.54) is 23.1 Å². The quantitative estimate of drug-likeness (QED) is 0.320. The fraction of sp³-hybridized carbons (Fsp3) is 0.333. The Morgan fingerprint density at radius 1 is 1.14 bits per heavy atom. The largest absolute Gasteiger partial charge is 0.325 e. The molecule has 0 aliphatic heterocycles.